The van der Waals surface area contributed by atoms with E-state index >= 15 is 0 Å². The number of rotatable bonds is 8. The number of piperidine rings is 2. The molecule has 336 valence electrons. The van der Waals surface area contributed by atoms with Crippen LogP contribution in [0, 0.1) is 22.7 Å². The van der Waals surface area contributed by atoms with E-state index in [2.05, 4.69) is 49.9 Å². The zero-order valence-corrected chi connectivity index (χ0v) is 37.4. The maximum Gasteiger partial charge on any atom is 0.165 e. The second-order valence-electron chi connectivity index (χ2n) is 22.1. The number of likely N-dealkylation sites (N-methyl/N-ethyl adjacent to an activating group) is 2. The van der Waals surface area contributed by atoms with Gasteiger partial charge in [0.1, 0.15) is 23.4 Å². The molecule has 0 radical (unpaired) electrons. The van der Waals surface area contributed by atoms with Gasteiger partial charge in [0, 0.05) is 70.9 Å². The Morgan fingerprint density at radius 1 is 0.656 bits per heavy atom. The average molecular weight is 843 g/mol. The first-order valence-corrected chi connectivity index (χ1v) is 23.5. The summed E-state index contributed by atoms with van der Waals surface area (Å²) in [5.74, 6) is 1.95. The van der Waals surface area contributed by atoms with Crippen LogP contribution in [0.3, 0.4) is 0 Å². The molecule has 4 heterocycles. The Morgan fingerprint density at radius 2 is 1.05 bits per heavy atom. The highest BCUT2D eigenvalue weighted by molar-refractivity contribution is 5.65. The monoisotopic (exact) mass is 843 g/mol. The fourth-order valence-electron chi connectivity index (χ4n) is 18.2. The summed E-state index contributed by atoms with van der Waals surface area (Å²) in [6.07, 6.45) is 13.1. The molecule has 2 saturated heterocycles. The minimum absolute atomic E-state index is 0. The molecular weight excluding hydrogens is 769 g/mol. The van der Waals surface area contributed by atoms with E-state index in [1.54, 1.807) is 0 Å². The van der Waals surface area contributed by atoms with Crippen LogP contribution in [-0.4, -0.2) is 118 Å². The highest BCUT2D eigenvalue weighted by Crippen LogP contribution is 2.79. The van der Waals surface area contributed by atoms with E-state index in [1.807, 2.05) is 40.2 Å². The zero-order valence-electron chi connectivity index (χ0n) is 37.4. The lowest BCUT2D eigenvalue weighted by molar-refractivity contribution is -0.301. The third-order valence-corrected chi connectivity index (χ3v) is 20.3. The van der Waals surface area contributed by atoms with Crippen molar-refractivity contribution in [3.8, 4) is 23.0 Å². The van der Waals surface area contributed by atoms with E-state index in [-0.39, 0.29) is 64.6 Å². The Balaban J connectivity index is 0.000000144. The van der Waals surface area contributed by atoms with Gasteiger partial charge in [-0.3, -0.25) is 0 Å². The first kappa shape index (κ1) is 42.4. The van der Waals surface area contributed by atoms with Gasteiger partial charge in [0.05, 0.1) is 11.2 Å². The number of aromatic hydroxyl groups is 2. The van der Waals surface area contributed by atoms with Gasteiger partial charge in [0.15, 0.2) is 23.0 Å². The van der Waals surface area contributed by atoms with Crippen molar-refractivity contribution in [3.63, 3.8) is 0 Å². The summed E-state index contributed by atoms with van der Waals surface area (Å²) in [5.41, 5.74) is 2.42. The minimum atomic E-state index is -0.798. The lowest BCUT2D eigenvalue weighted by Crippen LogP contribution is -2.82. The molecule has 8 bridgehead atoms. The molecule has 0 aromatic heterocycles. The number of phenolic OH excluding ortho intramolecular Hbond substituents is 2. The van der Waals surface area contributed by atoms with Crippen molar-refractivity contribution in [2.45, 2.75) is 183 Å². The predicted octanol–water partition coefficient (Wildman–Crippen LogP) is 7.41. The van der Waals surface area contributed by atoms with Crippen LogP contribution in [0.1, 0.15) is 134 Å². The van der Waals surface area contributed by atoms with Gasteiger partial charge in [-0.05, 0) is 141 Å². The molecule has 8 aliphatic carbocycles. The van der Waals surface area contributed by atoms with Crippen LogP contribution in [0.25, 0.3) is 0 Å². The number of nitrogens with zero attached hydrogens (tertiary/aromatic N) is 2. The van der Waals surface area contributed by atoms with Gasteiger partial charge in [0.2, 0.25) is 0 Å². The summed E-state index contributed by atoms with van der Waals surface area (Å²) in [7, 11) is 8.17. The molecule has 14 atom stereocenters. The van der Waals surface area contributed by atoms with Gasteiger partial charge >= 0.3 is 0 Å². The standard InChI is InChI=1S/2C25H35NO4.CH4/c2*1-5-8-22(2,28)17-14-23-9-10-25(17,29-4)21-24(23)11-12-26(3)18(23)13-15-6-7-16(27)20(30-21)19(15)24;/h2*6-7,17-18,21,27-28H,5,8-14H2,1-4H3;1H4/t2*17?,18-,21-,22-,23-,24+,25-;/m11./s1. The van der Waals surface area contributed by atoms with Crippen LogP contribution in [0.2, 0.25) is 0 Å². The van der Waals surface area contributed by atoms with Gasteiger partial charge in [-0.15, -0.1) is 0 Å². The van der Waals surface area contributed by atoms with Crippen molar-refractivity contribution in [3.05, 3.63) is 46.5 Å². The smallest absolute Gasteiger partial charge is 0.165 e. The lowest BCUT2D eigenvalue weighted by Gasteiger charge is -2.74. The molecule has 2 unspecified atom stereocenters. The molecule has 4 N–H and O–H groups in total. The van der Waals surface area contributed by atoms with Crippen molar-refractivity contribution >= 4 is 0 Å². The van der Waals surface area contributed by atoms with E-state index in [0.717, 1.165) is 103 Å². The Morgan fingerprint density at radius 3 is 1.41 bits per heavy atom. The van der Waals surface area contributed by atoms with Crippen molar-refractivity contribution in [1.82, 2.24) is 9.80 Å². The molecular formula is C51H74N2O8. The number of fused-ring (bicyclic) bond motifs is 4. The van der Waals surface area contributed by atoms with E-state index in [1.165, 1.54) is 22.3 Å². The van der Waals surface area contributed by atoms with Crippen LogP contribution in [0.4, 0.5) is 0 Å². The van der Waals surface area contributed by atoms with Gasteiger partial charge in [-0.25, -0.2) is 0 Å². The van der Waals surface area contributed by atoms with Gasteiger partial charge < -0.3 is 49.2 Å². The fourth-order valence-corrected chi connectivity index (χ4v) is 18.2. The van der Waals surface area contributed by atoms with Crippen molar-refractivity contribution in [2.24, 2.45) is 22.7 Å². The summed E-state index contributed by atoms with van der Waals surface area (Å²) in [5, 5.41) is 45.0. The second-order valence-corrected chi connectivity index (χ2v) is 22.1. The second kappa shape index (κ2) is 13.2. The Kier molecular flexibility index (Phi) is 9.20. The SMILES string of the molecule is C.CCC[C@@](C)(O)C1C[C@@]23CC[C@]1(OC)[C@@H]1Oc4c(O)ccc5c4[C@@]12CCN(C)[C@@H]3C5.CCC[C@@](C)(O)C1C[C@@]23CC[C@]1(OC)[C@@H]1Oc4c(O)ccc5c4[C@@]12CCN(C)[C@@H]3C5. The highest BCUT2D eigenvalue weighted by Gasteiger charge is 2.83. The number of hydrogen-bond donors (Lipinski definition) is 4. The average Bonchev–Trinajstić information content (AvgIpc) is 3.79. The lowest BCUT2D eigenvalue weighted by atomic mass is 9.33. The molecule has 61 heavy (non-hydrogen) atoms. The van der Waals surface area contributed by atoms with Gasteiger partial charge in [-0.1, -0.05) is 46.2 Å². The number of aliphatic hydroxyl groups is 2. The first-order valence-electron chi connectivity index (χ1n) is 23.5. The highest BCUT2D eigenvalue weighted by atomic mass is 16.6. The van der Waals surface area contributed by atoms with Crippen LogP contribution in [-0.2, 0) is 33.1 Å². The summed E-state index contributed by atoms with van der Waals surface area (Å²) in [4.78, 5) is 5.12. The minimum Gasteiger partial charge on any atom is -0.504 e. The number of benzene rings is 2. The predicted molar refractivity (Wildman–Crippen MR) is 235 cm³/mol. The first-order chi connectivity index (χ1) is 28.5. The Labute approximate surface area is 364 Å². The number of methoxy groups -OCH3 is 2. The Hall–Kier alpha value is -2.60. The molecule has 12 aliphatic rings. The van der Waals surface area contributed by atoms with E-state index < -0.39 is 22.4 Å². The molecule has 14 rings (SSSR count). The molecule has 6 saturated carbocycles. The molecule has 4 spiro atoms. The zero-order chi connectivity index (χ0) is 42.2. The number of likely N-dealkylation sites (tertiary alicyclic amines) is 2. The van der Waals surface area contributed by atoms with E-state index in [4.69, 9.17) is 18.9 Å². The quantitative estimate of drug-likeness (QED) is 0.214. The van der Waals surface area contributed by atoms with E-state index in [0.29, 0.717) is 23.6 Å². The largest absolute Gasteiger partial charge is 0.504 e. The van der Waals surface area contributed by atoms with Crippen LogP contribution in [0.15, 0.2) is 24.3 Å². The molecule has 2 aromatic carbocycles. The summed E-state index contributed by atoms with van der Waals surface area (Å²) in [6, 6.07) is 8.73. The van der Waals surface area contributed by atoms with E-state index in [9.17, 15) is 20.4 Å². The molecule has 2 aromatic rings. The van der Waals surface area contributed by atoms with Crippen LogP contribution >= 0.6 is 0 Å². The fraction of sp³-hybridized carbons (Fsp3) is 0.765. The molecule has 8 fully saturated rings. The molecule has 0 amide bonds. The van der Waals surface area contributed by atoms with Crippen LogP contribution < -0.4 is 9.47 Å². The summed E-state index contributed by atoms with van der Waals surface area (Å²) in [6.45, 7) is 10.4. The van der Waals surface area contributed by atoms with Gasteiger partial charge in [-0.2, -0.15) is 0 Å². The maximum atomic E-state index is 11.7. The third kappa shape index (κ3) is 4.61. The number of ether oxygens (including phenoxy) is 4. The Bertz CT molecular complexity index is 1980. The van der Waals surface area contributed by atoms with Crippen LogP contribution in [0.5, 0.6) is 23.0 Å². The van der Waals surface area contributed by atoms with Gasteiger partial charge in [0.25, 0.3) is 0 Å². The third-order valence-electron chi connectivity index (χ3n) is 20.3. The van der Waals surface area contributed by atoms with Crippen molar-refractivity contribution in [2.75, 3.05) is 41.4 Å². The number of hydrogen-bond acceptors (Lipinski definition) is 10. The maximum absolute atomic E-state index is 11.7. The topological polar surface area (TPSA) is 124 Å². The summed E-state index contributed by atoms with van der Waals surface area (Å²) >= 11 is 0. The summed E-state index contributed by atoms with van der Waals surface area (Å²) < 4.78 is 26.4. The molecule has 10 heteroatoms. The van der Waals surface area contributed by atoms with Crippen molar-refractivity contribution in [1.29, 1.82) is 0 Å². The van der Waals surface area contributed by atoms with Crippen molar-refractivity contribution < 1.29 is 39.4 Å². The normalized spacial score (nSPS) is 44.3. The molecule has 10 nitrogen and oxygen atoms in total. The number of phenols is 2. The molecule has 4 aliphatic heterocycles.